The van der Waals surface area contributed by atoms with Crippen molar-refractivity contribution in [3.05, 3.63) is 46.4 Å². The van der Waals surface area contributed by atoms with Gasteiger partial charge in [-0.1, -0.05) is 0 Å². The van der Waals surface area contributed by atoms with Crippen molar-refractivity contribution in [2.45, 2.75) is 43.8 Å². The Labute approximate surface area is 156 Å². The summed E-state index contributed by atoms with van der Waals surface area (Å²) in [6, 6.07) is 7.16. The smallest absolute Gasteiger partial charge is 0.253 e. The summed E-state index contributed by atoms with van der Waals surface area (Å²) in [5, 5.41) is -0.282. The molecule has 1 fully saturated rings. The highest BCUT2D eigenvalue weighted by molar-refractivity contribution is 8.24. The second-order valence-electron chi connectivity index (χ2n) is 7.38. The van der Waals surface area contributed by atoms with Gasteiger partial charge in [0, 0.05) is 35.2 Å². The molecule has 1 aromatic carbocycles. The zero-order valence-corrected chi connectivity index (χ0v) is 16.5. The van der Waals surface area contributed by atoms with E-state index in [-0.39, 0.29) is 10.8 Å². The van der Waals surface area contributed by atoms with E-state index in [2.05, 4.69) is 0 Å². The summed E-state index contributed by atoms with van der Waals surface area (Å²) in [7, 11) is -1.18. The Morgan fingerprint density at radius 1 is 1.27 bits per heavy atom. The summed E-state index contributed by atoms with van der Waals surface area (Å²) in [6.45, 7) is 6.03. The molecule has 26 heavy (non-hydrogen) atoms. The Bertz CT molecular complexity index is 842. The Hall–Kier alpha value is -1.76. The monoisotopic (exact) mass is 377 g/mol. The number of aryl methyl sites for hydroxylation is 2. The van der Waals surface area contributed by atoms with Crippen molar-refractivity contribution in [1.29, 1.82) is 0 Å². The molecule has 0 atom stereocenters. The molecule has 2 aromatic rings. The lowest BCUT2D eigenvalue weighted by molar-refractivity contribution is 0.301. The predicted octanol–water partition coefficient (Wildman–Crippen LogP) is 4.67. The number of nitrogens with zero attached hydrogens (tertiary/aromatic N) is 1. The van der Waals surface area contributed by atoms with E-state index in [4.69, 9.17) is 4.74 Å². The molecular formula is C20H27NO4S. The number of aromatic nitrogens is 1. The van der Waals surface area contributed by atoms with E-state index in [0.717, 1.165) is 11.1 Å². The number of hydrogen-bond donors (Lipinski definition) is 2. The molecule has 0 amide bonds. The van der Waals surface area contributed by atoms with E-state index < -0.39 is 10.6 Å². The molecule has 3 rings (SSSR count). The summed E-state index contributed by atoms with van der Waals surface area (Å²) < 4.78 is 28.7. The van der Waals surface area contributed by atoms with Crippen molar-refractivity contribution < 1.29 is 13.8 Å². The van der Waals surface area contributed by atoms with Gasteiger partial charge in [-0.15, -0.1) is 0 Å². The maximum absolute atomic E-state index is 12.0. The number of pyridine rings is 1. The van der Waals surface area contributed by atoms with Crippen LogP contribution in [0.3, 0.4) is 0 Å². The molecule has 0 spiro atoms. The van der Waals surface area contributed by atoms with Gasteiger partial charge in [0.05, 0.1) is 11.5 Å². The van der Waals surface area contributed by atoms with E-state index in [1.54, 1.807) is 50.7 Å². The van der Waals surface area contributed by atoms with Crippen LogP contribution in [-0.4, -0.2) is 25.5 Å². The van der Waals surface area contributed by atoms with Gasteiger partial charge < -0.3 is 9.30 Å². The first-order chi connectivity index (χ1) is 12.2. The molecule has 1 heterocycles. The lowest BCUT2D eigenvalue weighted by Crippen LogP contribution is -2.18. The second-order valence-corrected chi connectivity index (χ2v) is 9.98. The van der Waals surface area contributed by atoms with Crippen molar-refractivity contribution in [3.63, 3.8) is 0 Å². The Morgan fingerprint density at radius 2 is 1.96 bits per heavy atom. The average molecular weight is 378 g/mol. The van der Waals surface area contributed by atoms with Crippen molar-refractivity contribution in [2.75, 3.05) is 6.61 Å². The summed E-state index contributed by atoms with van der Waals surface area (Å²) >= 11 is 0. The van der Waals surface area contributed by atoms with Crippen molar-refractivity contribution in [2.24, 2.45) is 13.0 Å². The molecule has 0 saturated heterocycles. The summed E-state index contributed by atoms with van der Waals surface area (Å²) in [5.41, 5.74) is 2.20. The first-order valence-corrected chi connectivity index (χ1v) is 10.5. The zero-order valence-electron chi connectivity index (χ0n) is 15.7. The Kier molecular flexibility index (Phi) is 5.19. The molecule has 1 aliphatic rings. The average Bonchev–Trinajstić information content (AvgIpc) is 3.41. The van der Waals surface area contributed by atoms with Crippen LogP contribution in [-0.2, 0) is 7.05 Å². The molecular weight excluding hydrogens is 350 g/mol. The highest BCUT2D eigenvalue weighted by Gasteiger charge is 2.25. The summed E-state index contributed by atoms with van der Waals surface area (Å²) in [5.74, 6) is 1.32. The van der Waals surface area contributed by atoms with Gasteiger partial charge in [0.1, 0.15) is 5.75 Å². The van der Waals surface area contributed by atoms with Gasteiger partial charge in [0.25, 0.3) is 5.56 Å². The van der Waals surface area contributed by atoms with E-state index in [1.807, 2.05) is 12.1 Å². The highest BCUT2D eigenvalue weighted by Crippen LogP contribution is 2.53. The van der Waals surface area contributed by atoms with Gasteiger partial charge in [0.2, 0.25) is 0 Å². The van der Waals surface area contributed by atoms with Crippen LogP contribution in [0, 0.1) is 12.8 Å². The fourth-order valence-electron chi connectivity index (χ4n) is 2.84. The lowest BCUT2D eigenvalue weighted by Gasteiger charge is -2.37. The molecule has 1 aliphatic carbocycles. The van der Waals surface area contributed by atoms with Gasteiger partial charge >= 0.3 is 0 Å². The minimum Gasteiger partial charge on any atom is -0.493 e. The minimum absolute atomic E-state index is 0.0446. The van der Waals surface area contributed by atoms with Crippen LogP contribution in [0.5, 0.6) is 5.75 Å². The number of rotatable bonds is 6. The molecule has 1 saturated carbocycles. The van der Waals surface area contributed by atoms with Crippen LogP contribution in [0.2, 0.25) is 0 Å². The van der Waals surface area contributed by atoms with Crippen LogP contribution in [0.4, 0.5) is 0 Å². The number of ether oxygens (including phenoxy) is 1. The molecule has 2 N–H and O–H groups in total. The topological polar surface area (TPSA) is 71.7 Å². The molecule has 142 valence electrons. The second kappa shape index (κ2) is 7.10. The molecule has 0 bridgehead atoms. The number of hydrogen-bond acceptors (Lipinski definition) is 4. The van der Waals surface area contributed by atoms with Gasteiger partial charge in [-0.05, 0) is 63.8 Å². The largest absolute Gasteiger partial charge is 0.493 e. The molecule has 0 radical (unpaired) electrons. The van der Waals surface area contributed by atoms with Crippen molar-refractivity contribution >= 4 is 10.6 Å². The zero-order chi connectivity index (χ0) is 19.1. The van der Waals surface area contributed by atoms with Crippen LogP contribution in [0.25, 0.3) is 11.1 Å². The van der Waals surface area contributed by atoms with Crippen LogP contribution in [0.15, 0.2) is 40.2 Å². The minimum atomic E-state index is -2.90. The van der Waals surface area contributed by atoms with E-state index in [0.29, 0.717) is 28.7 Å². The van der Waals surface area contributed by atoms with Gasteiger partial charge in [-0.3, -0.25) is 13.9 Å². The molecule has 0 unspecified atom stereocenters. The third kappa shape index (κ3) is 3.82. The van der Waals surface area contributed by atoms with E-state index >= 15 is 0 Å². The predicted molar refractivity (Wildman–Crippen MR) is 106 cm³/mol. The maximum atomic E-state index is 12.0. The third-order valence-electron chi connectivity index (χ3n) is 4.80. The summed E-state index contributed by atoms with van der Waals surface area (Å²) in [6.07, 6.45) is 4.15. The van der Waals surface area contributed by atoms with Crippen LogP contribution >= 0.6 is 10.6 Å². The lowest BCUT2D eigenvalue weighted by atomic mass is 10.0. The number of benzene rings is 1. The quantitative estimate of drug-likeness (QED) is 0.767. The molecule has 6 heteroatoms. The first kappa shape index (κ1) is 19.0. The summed E-state index contributed by atoms with van der Waals surface area (Å²) in [4.78, 5) is 12.5. The normalized spacial score (nSPS) is 15.3. The highest BCUT2D eigenvalue weighted by atomic mass is 32.3. The molecule has 0 aliphatic heterocycles. The van der Waals surface area contributed by atoms with E-state index in [1.165, 1.54) is 12.8 Å². The van der Waals surface area contributed by atoms with Crippen LogP contribution < -0.4 is 10.3 Å². The van der Waals surface area contributed by atoms with Crippen LogP contribution in [0.1, 0.15) is 32.3 Å². The first-order valence-electron chi connectivity index (χ1n) is 8.91. The fourth-order valence-corrected chi connectivity index (χ4v) is 3.94. The Morgan fingerprint density at radius 3 is 2.54 bits per heavy atom. The van der Waals surface area contributed by atoms with Crippen molar-refractivity contribution in [1.82, 2.24) is 4.57 Å². The van der Waals surface area contributed by atoms with Gasteiger partial charge in [-0.2, -0.15) is 10.6 Å². The van der Waals surface area contributed by atoms with Gasteiger partial charge in [0.15, 0.2) is 0 Å². The fraction of sp³-hybridized carbons (Fsp3) is 0.450. The molecule has 5 nitrogen and oxygen atoms in total. The standard InChI is InChI=1S/C20H27NO4S/c1-13(2)26(23,24)17-7-8-19(25-12-15-5-6-15)18(10-17)16-9-14(3)20(22)21(4)11-16/h7-11,13,15,23-24H,5-6,12H2,1-4H3. The van der Waals surface area contributed by atoms with E-state index in [9.17, 15) is 13.9 Å². The third-order valence-corrected chi connectivity index (χ3v) is 7.06. The van der Waals surface area contributed by atoms with Gasteiger partial charge in [-0.25, -0.2) is 0 Å². The molecule has 1 aromatic heterocycles. The SMILES string of the molecule is Cc1cc(-c2cc(S(O)(O)C(C)C)ccc2OCC2CC2)cn(C)c1=O. The van der Waals surface area contributed by atoms with Crippen molar-refractivity contribution in [3.8, 4) is 16.9 Å². The Balaban J connectivity index is 2.10. The maximum Gasteiger partial charge on any atom is 0.253 e.